The zero-order valence-corrected chi connectivity index (χ0v) is 15.3. The first-order valence-electron chi connectivity index (χ1n) is 9.30. The highest BCUT2D eigenvalue weighted by Gasteiger charge is 2.33. The second kappa shape index (κ2) is 7.27. The van der Waals surface area contributed by atoms with Crippen LogP contribution < -0.4 is 10.2 Å². The topological polar surface area (TPSA) is 62.4 Å². The molecule has 0 atom stereocenters. The van der Waals surface area contributed by atoms with Crippen LogP contribution in [0, 0.1) is 0 Å². The summed E-state index contributed by atoms with van der Waals surface area (Å²) in [6.45, 7) is 3.05. The summed E-state index contributed by atoms with van der Waals surface area (Å²) in [5.74, 6) is 0.666. The highest BCUT2D eigenvalue weighted by Crippen LogP contribution is 2.30. The first-order valence-corrected chi connectivity index (χ1v) is 9.30. The van der Waals surface area contributed by atoms with E-state index in [2.05, 4.69) is 4.98 Å². The number of pyridine rings is 1. The molecule has 1 amide bonds. The summed E-state index contributed by atoms with van der Waals surface area (Å²) in [4.78, 5) is 30.5. The van der Waals surface area contributed by atoms with Gasteiger partial charge in [-0.15, -0.1) is 0 Å². The minimum Gasteiger partial charge on any atom is -0.494 e. The Hall–Kier alpha value is -3.08. The molecule has 1 N–H and O–H groups in total. The fourth-order valence-electron chi connectivity index (χ4n) is 3.32. The predicted molar refractivity (Wildman–Crippen MR) is 105 cm³/mol. The molecule has 3 aromatic rings. The van der Waals surface area contributed by atoms with Crippen LogP contribution in [-0.4, -0.2) is 28.4 Å². The van der Waals surface area contributed by atoms with Crippen molar-refractivity contribution in [2.45, 2.75) is 32.4 Å². The van der Waals surface area contributed by atoms with E-state index < -0.39 is 0 Å². The van der Waals surface area contributed by atoms with Crippen LogP contribution in [0.2, 0.25) is 0 Å². The molecule has 1 saturated carbocycles. The SMILES string of the molecule is CCOc1cccc(CN(C(=O)c2cc(=O)c3ccccc3[nH]2)C2CC2)c1. The lowest BCUT2D eigenvalue weighted by molar-refractivity contribution is 0.0724. The van der Waals surface area contributed by atoms with Crippen molar-refractivity contribution in [2.24, 2.45) is 0 Å². The molecule has 0 aliphatic heterocycles. The molecule has 5 heteroatoms. The number of fused-ring (bicyclic) bond motifs is 1. The Morgan fingerprint density at radius 3 is 2.74 bits per heavy atom. The Morgan fingerprint density at radius 1 is 1.15 bits per heavy atom. The van der Waals surface area contributed by atoms with Crippen molar-refractivity contribution in [3.05, 3.63) is 76.1 Å². The lowest BCUT2D eigenvalue weighted by Crippen LogP contribution is -2.33. The summed E-state index contributed by atoms with van der Waals surface area (Å²) >= 11 is 0. The molecular formula is C22H22N2O3. The molecule has 0 unspecified atom stereocenters. The second-order valence-electron chi connectivity index (χ2n) is 6.84. The molecule has 1 aromatic heterocycles. The number of hydrogen-bond donors (Lipinski definition) is 1. The van der Waals surface area contributed by atoms with E-state index in [4.69, 9.17) is 4.74 Å². The average Bonchev–Trinajstić information content (AvgIpc) is 3.51. The van der Waals surface area contributed by atoms with Crippen molar-refractivity contribution in [3.63, 3.8) is 0 Å². The molecule has 1 fully saturated rings. The van der Waals surface area contributed by atoms with Gasteiger partial charge >= 0.3 is 0 Å². The number of H-pyrrole nitrogens is 1. The van der Waals surface area contributed by atoms with Gasteiger partial charge in [0, 0.05) is 29.6 Å². The zero-order valence-electron chi connectivity index (χ0n) is 15.3. The number of rotatable bonds is 6. The molecule has 0 radical (unpaired) electrons. The van der Waals surface area contributed by atoms with Crippen LogP contribution in [0.15, 0.2) is 59.4 Å². The average molecular weight is 362 g/mol. The monoisotopic (exact) mass is 362 g/mol. The standard InChI is InChI=1S/C22H22N2O3/c1-2-27-17-7-5-6-15(12-17)14-24(16-10-11-16)22(26)20-13-21(25)18-8-3-4-9-19(18)23-20/h3-9,12-13,16H,2,10-11,14H2,1H3,(H,23,25). The van der Waals surface area contributed by atoms with Crippen LogP contribution in [0.1, 0.15) is 35.8 Å². The summed E-state index contributed by atoms with van der Waals surface area (Å²) in [6, 6.07) is 16.7. The Balaban J connectivity index is 1.64. The second-order valence-corrected chi connectivity index (χ2v) is 6.84. The third-order valence-corrected chi connectivity index (χ3v) is 4.78. The van der Waals surface area contributed by atoms with Gasteiger partial charge in [-0.2, -0.15) is 0 Å². The fourth-order valence-corrected chi connectivity index (χ4v) is 3.32. The number of aromatic nitrogens is 1. The van der Waals surface area contributed by atoms with Crippen molar-refractivity contribution >= 4 is 16.8 Å². The van der Waals surface area contributed by atoms with E-state index in [1.807, 2.05) is 54.3 Å². The predicted octanol–water partition coefficient (Wildman–Crippen LogP) is 3.73. The third kappa shape index (κ3) is 3.72. The van der Waals surface area contributed by atoms with Crippen molar-refractivity contribution in [1.82, 2.24) is 9.88 Å². The smallest absolute Gasteiger partial charge is 0.270 e. The van der Waals surface area contributed by atoms with Crippen molar-refractivity contribution in [3.8, 4) is 5.75 Å². The van der Waals surface area contributed by atoms with Crippen LogP contribution in [0.25, 0.3) is 10.9 Å². The maximum Gasteiger partial charge on any atom is 0.270 e. The number of carbonyl (C=O) groups excluding carboxylic acids is 1. The van der Waals surface area contributed by atoms with Gasteiger partial charge in [0.15, 0.2) is 5.43 Å². The van der Waals surface area contributed by atoms with Crippen molar-refractivity contribution < 1.29 is 9.53 Å². The zero-order chi connectivity index (χ0) is 18.8. The Bertz CT molecular complexity index is 1040. The highest BCUT2D eigenvalue weighted by atomic mass is 16.5. The molecule has 2 aromatic carbocycles. The van der Waals surface area contributed by atoms with E-state index in [1.54, 1.807) is 6.07 Å². The number of ether oxygens (including phenoxy) is 1. The molecular weight excluding hydrogens is 340 g/mol. The summed E-state index contributed by atoms with van der Waals surface area (Å²) in [5, 5.41) is 0.594. The molecule has 5 nitrogen and oxygen atoms in total. The van der Waals surface area contributed by atoms with Gasteiger partial charge in [0.2, 0.25) is 0 Å². The quantitative estimate of drug-likeness (QED) is 0.727. The van der Waals surface area contributed by atoms with E-state index in [0.717, 1.165) is 24.2 Å². The molecule has 0 bridgehead atoms. The largest absolute Gasteiger partial charge is 0.494 e. The van der Waals surface area contributed by atoms with E-state index in [-0.39, 0.29) is 17.4 Å². The van der Waals surface area contributed by atoms with Gasteiger partial charge in [0.25, 0.3) is 5.91 Å². The number of aromatic amines is 1. The maximum absolute atomic E-state index is 13.2. The van der Waals surface area contributed by atoms with Crippen molar-refractivity contribution in [1.29, 1.82) is 0 Å². The van der Waals surface area contributed by atoms with Gasteiger partial charge in [-0.05, 0) is 49.6 Å². The minimum atomic E-state index is -0.137. The lowest BCUT2D eigenvalue weighted by atomic mass is 10.1. The summed E-state index contributed by atoms with van der Waals surface area (Å²) in [6.07, 6.45) is 1.99. The van der Waals surface area contributed by atoms with Gasteiger partial charge in [-0.25, -0.2) is 0 Å². The fraction of sp³-hybridized carbons (Fsp3) is 0.273. The van der Waals surface area contributed by atoms with E-state index in [0.29, 0.717) is 29.7 Å². The van der Waals surface area contributed by atoms with Gasteiger partial charge in [-0.1, -0.05) is 24.3 Å². The first-order chi connectivity index (χ1) is 13.2. The number of carbonyl (C=O) groups is 1. The molecule has 4 rings (SSSR count). The molecule has 27 heavy (non-hydrogen) atoms. The third-order valence-electron chi connectivity index (χ3n) is 4.78. The van der Waals surface area contributed by atoms with Crippen LogP contribution >= 0.6 is 0 Å². The summed E-state index contributed by atoms with van der Waals surface area (Å²) in [7, 11) is 0. The molecule has 1 aliphatic rings. The minimum absolute atomic E-state index is 0.137. The Labute approximate surface area is 157 Å². The van der Waals surface area contributed by atoms with Gasteiger partial charge in [-0.3, -0.25) is 9.59 Å². The van der Waals surface area contributed by atoms with Crippen LogP contribution in [-0.2, 0) is 6.54 Å². The number of nitrogens with one attached hydrogen (secondary N) is 1. The first kappa shape index (κ1) is 17.3. The molecule has 0 spiro atoms. The number of amides is 1. The molecule has 138 valence electrons. The van der Waals surface area contributed by atoms with Crippen molar-refractivity contribution in [2.75, 3.05) is 6.61 Å². The summed E-state index contributed by atoms with van der Waals surface area (Å²) < 4.78 is 5.56. The molecule has 1 heterocycles. The van der Waals surface area contributed by atoms with Crippen LogP contribution in [0.3, 0.4) is 0 Å². The maximum atomic E-state index is 13.2. The van der Waals surface area contributed by atoms with E-state index in [9.17, 15) is 9.59 Å². The lowest BCUT2D eigenvalue weighted by Gasteiger charge is -2.23. The Morgan fingerprint density at radius 2 is 1.96 bits per heavy atom. The van der Waals surface area contributed by atoms with E-state index in [1.165, 1.54) is 6.07 Å². The summed E-state index contributed by atoms with van der Waals surface area (Å²) in [5.41, 5.74) is 1.90. The van der Waals surface area contributed by atoms with Gasteiger partial charge in [0.1, 0.15) is 11.4 Å². The van der Waals surface area contributed by atoms with E-state index >= 15 is 0 Å². The van der Waals surface area contributed by atoms with Crippen LogP contribution in [0.5, 0.6) is 5.75 Å². The van der Waals surface area contributed by atoms with Gasteiger partial charge in [0.05, 0.1) is 6.61 Å². The Kier molecular flexibility index (Phi) is 4.67. The van der Waals surface area contributed by atoms with Gasteiger partial charge < -0.3 is 14.6 Å². The number of benzene rings is 2. The van der Waals surface area contributed by atoms with Crippen LogP contribution in [0.4, 0.5) is 0 Å². The molecule has 1 aliphatic carbocycles. The molecule has 0 saturated heterocycles. The number of para-hydroxylation sites is 1. The highest BCUT2D eigenvalue weighted by molar-refractivity contribution is 5.95. The number of nitrogens with zero attached hydrogens (tertiary/aromatic N) is 1. The number of hydrogen-bond acceptors (Lipinski definition) is 3. The normalized spacial score (nSPS) is 13.5.